The molecule has 0 aromatic heterocycles. The lowest BCUT2D eigenvalue weighted by molar-refractivity contribution is -0.120. The molecule has 0 radical (unpaired) electrons. The average molecular weight is 642 g/mol. The zero-order chi connectivity index (χ0) is 28.3. The highest BCUT2D eigenvalue weighted by atomic mass is 79.9. The number of carbonyl (C=O) groups excluding carboxylic acids is 2. The van der Waals surface area contributed by atoms with Crippen LogP contribution in [-0.2, 0) is 17.9 Å². The first-order chi connectivity index (χ1) is 19.4. The monoisotopic (exact) mass is 640 g/mol. The van der Waals surface area contributed by atoms with Gasteiger partial charge < -0.3 is 16.0 Å². The largest absolute Gasteiger partial charge is 0.380 e. The number of amides is 2. The molecule has 3 aromatic carbocycles. The first kappa shape index (κ1) is 30.5. The van der Waals surface area contributed by atoms with Crippen LogP contribution in [0, 0.1) is 5.92 Å². The molecule has 1 fully saturated rings. The van der Waals surface area contributed by atoms with Gasteiger partial charge in [-0.1, -0.05) is 40.2 Å². The maximum absolute atomic E-state index is 13.0. The van der Waals surface area contributed by atoms with Gasteiger partial charge in [-0.3, -0.25) is 14.5 Å². The molecule has 2 amide bonds. The predicted octanol–water partition coefficient (Wildman–Crippen LogP) is 6.26. The summed E-state index contributed by atoms with van der Waals surface area (Å²) in [5, 5.41) is 9.16. The normalized spacial score (nSPS) is 14.1. The van der Waals surface area contributed by atoms with Crippen molar-refractivity contribution in [3.63, 3.8) is 0 Å². The summed E-state index contributed by atoms with van der Waals surface area (Å²) in [6.07, 6.45) is 6.26. The number of nitrogens with one attached hydrogen (secondary N) is 3. The van der Waals surface area contributed by atoms with Crippen LogP contribution in [0.1, 0.15) is 34.3 Å². The second-order valence-electron chi connectivity index (χ2n) is 9.95. The smallest absolute Gasteiger partial charge is 0.253 e. The molecule has 1 aliphatic rings. The summed E-state index contributed by atoms with van der Waals surface area (Å²) >= 11 is 6.93. The third-order valence-electron chi connectivity index (χ3n) is 7.14. The number of halogens is 1. The second kappa shape index (κ2) is 15.5. The van der Waals surface area contributed by atoms with Crippen molar-refractivity contribution in [3.05, 3.63) is 87.9 Å². The maximum Gasteiger partial charge on any atom is 0.253 e. The third-order valence-corrected chi connectivity index (χ3v) is 9.12. The van der Waals surface area contributed by atoms with Crippen molar-refractivity contribution in [1.29, 1.82) is 0 Å². The van der Waals surface area contributed by atoms with Crippen LogP contribution in [-0.4, -0.2) is 55.4 Å². The van der Waals surface area contributed by atoms with Gasteiger partial charge in [0.05, 0.1) is 12.1 Å². The Morgan fingerprint density at radius 3 is 2.12 bits per heavy atom. The van der Waals surface area contributed by atoms with Gasteiger partial charge in [0, 0.05) is 39.6 Å². The van der Waals surface area contributed by atoms with E-state index in [1.807, 2.05) is 12.1 Å². The number of likely N-dealkylation sites (tertiary alicyclic amines) is 1. The Morgan fingerprint density at radius 1 is 0.875 bits per heavy atom. The Morgan fingerprint density at radius 2 is 1.50 bits per heavy atom. The van der Waals surface area contributed by atoms with Crippen molar-refractivity contribution in [2.45, 2.75) is 35.7 Å². The first-order valence-electron chi connectivity index (χ1n) is 13.5. The van der Waals surface area contributed by atoms with Crippen molar-refractivity contribution in [3.8, 4) is 0 Å². The van der Waals surface area contributed by atoms with E-state index in [1.54, 1.807) is 29.6 Å². The minimum Gasteiger partial charge on any atom is -0.380 e. The summed E-state index contributed by atoms with van der Waals surface area (Å²) in [4.78, 5) is 30.5. The van der Waals surface area contributed by atoms with Gasteiger partial charge in [-0.15, -0.1) is 23.5 Å². The summed E-state index contributed by atoms with van der Waals surface area (Å²) in [5.41, 5.74) is 3.69. The minimum atomic E-state index is -0.282. The molecule has 40 heavy (non-hydrogen) atoms. The standard InChI is InChI=1S/C31H37BrN4O2S2/c1-39-26-8-3-22(4-9-26)18-33-29-12-7-25(32)17-28(29)31(38)35-20-30(37)34-19-23-13-15-36(16-14-23)21-24-5-10-27(40-2)11-6-24/h3-12,17,23,33H,13-16,18-21H2,1-2H3,(H,34,37)(H,35,38). The molecule has 0 aliphatic carbocycles. The van der Waals surface area contributed by atoms with Crippen molar-refractivity contribution < 1.29 is 9.59 Å². The highest BCUT2D eigenvalue weighted by Crippen LogP contribution is 2.23. The van der Waals surface area contributed by atoms with Gasteiger partial charge in [-0.25, -0.2) is 0 Å². The number of rotatable bonds is 12. The summed E-state index contributed by atoms with van der Waals surface area (Å²) in [5.74, 6) is 0.0132. The van der Waals surface area contributed by atoms with Gasteiger partial charge in [-0.05, 0) is 98.0 Å². The predicted molar refractivity (Wildman–Crippen MR) is 171 cm³/mol. The Balaban J connectivity index is 1.19. The molecule has 4 rings (SSSR count). The number of benzene rings is 3. The highest BCUT2D eigenvalue weighted by molar-refractivity contribution is 9.10. The molecule has 3 aromatic rings. The average Bonchev–Trinajstić information content (AvgIpc) is 2.99. The van der Waals surface area contributed by atoms with E-state index in [0.29, 0.717) is 24.6 Å². The molecule has 0 unspecified atom stereocenters. The van der Waals surface area contributed by atoms with Crippen molar-refractivity contribution in [1.82, 2.24) is 15.5 Å². The van der Waals surface area contributed by atoms with E-state index in [9.17, 15) is 9.59 Å². The van der Waals surface area contributed by atoms with Crippen LogP contribution in [0.25, 0.3) is 0 Å². The van der Waals surface area contributed by atoms with Gasteiger partial charge in [0.15, 0.2) is 0 Å². The Kier molecular flexibility index (Phi) is 11.8. The molecule has 9 heteroatoms. The van der Waals surface area contributed by atoms with E-state index < -0.39 is 0 Å². The van der Waals surface area contributed by atoms with E-state index in [0.717, 1.165) is 48.2 Å². The summed E-state index contributed by atoms with van der Waals surface area (Å²) in [6, 6.07) is 22.7. The van der Waals surface area contributed by atoms with E-state index >= 15 is 0 Å². The Hall–Kier alpha value is -2.46. The van der Waals surface area contributed by atoms with Crippen molar-refractivity contribution in [2.75, 3.05) is 44.0 Å². The molecule has 212 valence electrons. The zero-order valence-corrected chi connectivity index (χ0v) is 26.3. The Bertz CT molecular complexity index is 1260. The molecule has 1 heterocycles. The number of anilines is 1. The molecular formula is C31H37BrN4O2S2. The minimum absolute atomic E-state index is 0.0498. The molecule has 6 nitrogen and oxygen atoms in total. The molecule has 0 spiro atoms. The lowest BCUT2D eigenvalue weighted by Gasteiger charge is -2.32. The molecule has 0 atom stereocenters. The van der Waals surface area contributed by atoms with Crippen LogP contribution >= 0.6 is 39.5 Å². The summed E-state index contributed by atoms with van der Waals surface area (Å²) in [6.45, 7) is 4.22. The number of hydrogen-bond donors (Lipinski definition) is 3. The molecule has 3 N–H and O–H groups in total. The van der Waals surface area contributed by atoms with Gasteiger partial charge >= 0.3 is 0 Å². The fourth-order valence-electron chi connectivity index (χ4n) is 4.71. The number of hydrogen-bond acceptors (Lipinski definition) is 6. The number of nitrogens with zero attached hydrogens (tertiary/aromatic N) is 1. The number of thioether (sulfide) groups is 2. The zero-order valence-electron chi connectivity index (χ0n) is 23.0. The molecule has 0 saturated carbocycles. The highest BCUT2D eigenvalue weighted by Gasteiger charge is 2.20. The summed E-state index contributed by atoms with van der Waals surface area (Å²) < 4.78 is 0.806. The van der Waals surface area contributed by atoms with E-state index in [4.69, 9.17) is 0 Å². The number of carbonyl (C=O) groups is 2. The van der Waals surface area contributed by atoms with E-state index in [2.05, 4.69) is 97.8 Å². The van der Waals surface area contributed by atoms with Crippen LogP contribution in [0.3, 0.4) is 0 Å². The SMILES string of the molecule is CSc1ccc(CNc2ccc(Br)cc2C(=O)NCC(=O)NCC2CCN(Cc3ccc(SC)cc3)CC2)cc1. The first-order valence-corrected chi connectivity index (χ1v) is 16.7. The molecule has 0 bridgehead atoms. The Labute approximate surface area is 254 Å². The second-order valence-corrected chi connectivity index (χ2v) is 12.6. The fraction of sp³-hybridized carbons (Fsp3) is 0.355. The third kappa shape index (κ3) is 9.29. The maximum atomic E-state index is 13.0. The van der Waals surface area contributed by atoms with Gasteiger partial charge in [-0.2, -0.15) is 0 Å². The van der Waals surface area contributed by atoms with Crippen LogP contribution in [0.5, 0.6) is 0 Å². The van der Waals surface area contributed by atoms with Gasteiger partial charge in [0.1, 0.15) is 0 Å². The van der Waals surface area contributed by atoms with Gasteiger partial charge in [0.2, 0.25) is 5.91 Å². The van der Waals surface area contributed by atoms with Crippen LogP contribution in [0.15, 0.2) is 81.0 Å². The molecule has 1 aliphatic heterocycles. The lowest BCUT2D eigenvalue weighted by Crippen LogP contribution is -2.41. The summed E-state index contributed by atoms with van der Waals surface area (Å²) in [7, 11) is 0. The lowest BCUT2D eigenvalue weighted by atomic mass is 9.96. The van der Waals surface area contributed by atoms with E-state index in [-0.39, 0.29) is 18.4 Å². The van der Waals surface area contributed by atoms with E-state index in [1.165, 1.54) is 15.4 Å². The van der Waals surface area contributed by atoms with Crippen LogP contribution in [0.4, 0.5) is 5.69 Å². The molecular weight excluding hydrogens is 604 g/mol. The molecule has 1 saturated heterocycles. The quantitative estimate of drug-likeness (QED) is 0.203. The van der Waals surface area contributed by atoms with Crippen LogP contribution < -0.4 is 16.0 Å². The topological polar surface area (TPSA) is 73.5 Å². The van der Waals surface area contributed by atoms with Gasteiger partial charge in [0.25, 0.3) is 5.91 Å². The fourth-order valence-corrected chi connectivity index (χ4v) is 5.89. The number of piperidine rings is 1. The van der Waals surface area contributed by atoms with Crippen LogP contribution in [0.2, 0.25) is 0 Å². The van der Waals surface area contributed by atoms with Crippen molar-refractivity contribution >= 4 is 57.0 Å². The van der Waals surface area contributed by atoms with Crippen molar-refractivity contribution in [2.24, 2.45) is 5.92 Å².